The number of nitrogens with one attached hydrogen (secondary N) is 1. The molecule has 0 radical (unpaired) electrons. The van der Waals surface area contributed by atoms with Gasteiger partial charge in [-0.2, -0.15) is 0 Å². The van der Waals surface area contributed by atoms with E-state index in [0.717, 1.165) is 11.4 Å². The molecular formula is C13H10ClN3S. The number of hydrogen-bond donors (Lipinski definition) is 1. The van der Waals surface area contributed by atoms with Gasteiger partial charge in [0.15, 0.2) is 0 Å². The molecule has 0 saturated heterocycles. The van der Waals surface area contributed by atoms with Gasteiger partial charge in [0, 0.05) is 22.1 Å². The maximum atomic E-state index is 5.83. The molecule has 2 aromatic heterocycles. The van der Waals surface area contributed by atoms with Crippen LogP contribution in [-0.4, -0.2) is 9.97 Å². The number of halogens is 1. The zero-order valence-electron chi connectivity index (χ0n) is 9.64. The summed E-state index contributed by atoms with van der Waals surface area (Å²) >= 11 is 7.57. The highest BCUT2D eigenvalue weighted by atomic mass is 35.5. The first-order valence-corrected chi connectivity index (χ1v) is 6.72. The summed E-state index contributed by atoms with van der Waals surface area (Å²) in [7, 11) is 0. The Bertz CT molecular complexity index is 688. The van der Waals surface area contributed by atoms with Crippen molar-refractivity contribution in [3.63, 3.8) is 0 Å². The van der Waals surface area contributed by atoms with Crippen molar-refractivity contribution in [3.8, 4) is 0 Å². The summed E-state index contributed by atoms with van der Waals surface area (Å²) in [5, 5.41) is 6.80. The molecule has 0 bridgehead atoms. The smallest absolute Gasteiger partial charge is 0.224 e. The highest BCUT2D eigenvalue weighted by Crippen LogP contribution is 2.25. The maximum Gasteiger partial charge on any atom is 0.224 e. The Kier molecular flexibility index (Phi) is 2.89. The molecule has 18 heavy (non-hydrogen) atoms. The average molecular weight is 276 g/mol. The first-order chi connectivity index (χ1) is 8.70. The molecule has 5 heteroatoms. The third kappa shape index (κ3) is 2.30. The number of hydrogen-bond acceptors (Lipinski definition) is 4. The SMILES string of the molecule is Cc1cc(Nc2ccc3sccc3c2)nc(Cl)n1. The maximum absolute atomic E-state index is 5.83. The molecule has 1 aromatic carbocycles. The van der Waals surface area contributed by atoms with Gasteiger partial charge in [-0.05, 0) is 53.6 Å². The zero-order chi connectivity index (χ0) is 12.5. The summed E-state index contributed by atoms with van der Waals surface area (Å²) in [6, 6.07) is 10.2. The third-order valence-electron chi connectivity index (χ3n) is 2.55. The summed E-state index contributed by atoms with van der Waals surface area (Å²) in [5.41, 5.74) is 1.84. The van der Waals surface area contributed by atoms with Crippen molar-refractivity contribution >= 4 is 44.5 Å². The van der Waals surface area contributed by atoms with Crippen molar-refractivity contribution in [2.75, 3.05) is 5.32 Å². The summed E-state index contributed by atoms with van der Waals surface area (Å²) in [6.45, 7) is 1.89. The van der Waals surface area contributed by atoms with Crippen molar-refractivity contribution in [1.82, 2.24) is 9.97 Å². The Morgan fingerprint density at radius 2 is 2.06 bits per heavy atom. The van der Waals surface area contributed by atoms with Gasteiger partial charge in [-0.15, -0.1) is 11.3 Å². The molecule has 0 saturated carbocycles. The van der Waals surface area contributed by atoms with Crippen LogP contribution in [0.25, 0.3) is 10.1 Å². The van der Waals surface area contributed by atoms with Gasteiger partial charge in [-0.3, -0.25) is 0 Å². The van der Waals surface area contributed by atoms with Crippen molar-refractivity contribution in [2.45, 2.75) is 6.92 Å². The Balaban J connectivity index is 1.95. The van der Waals surface area contributed by atoms with Crippen LogP contribution in [0.3, 0.4) is 0 Å². The summed E-state index contributed by atoms with van der Waals surface area (Å²) in [5.74, 6) is 0.710. The molecular weight excluding hydrogens is 266 g/mol. The minimum Gasteiger partial charge on any atom is -0.340 e. The van der Waals surface area contributed by atoms with Gasteiger partial charge in [0.2, 0.25) is 5.28 Å². The lowest BCUT2D eigenvalue weighted by molar-refractivity contribution is 1.10. The van der Waals surface area contributed by atoms with Gasteiger partial charge >= 0.3 is 0 Å². The van der Waals surface area contributed by atoms with Crippen LogP contribution in [0.2, 0.25) is 5.28 Å². The van der Waals surface area contributed by atoms with Crippen molar-refractivity contribution < 1.29 is 0 Å². The molecule has 1 N–H and O–H groups in total. The normalized spacial score (nSPS) is 10.8. The molecule has 0 amide bonds. The topological polar surface area (TPSA) is 37.8 Å². The lowest BCUT2D eigenvalue weighted by Crippen LogP contribution is -1.96. The third-order valence-corrected chi connectivity index (χ3v) is 3.62. The number of aromatic nitrogens is 2. The standard InChI is InChI=1S/C13H10ClN3S/c1-8-6-12(17-13(14)15-8)16-10-2-3-11-9(7-10)4-5-18-11/h2-7H,1H3,(H,15,16,17). The molecule has 0 aliphatic rings. The Morgan fingerprint density at radius 3 is 2.89 bits per heavy atom. The van der Waals surface area contributed by atoms with Crippen LogP contribution in [0.1, 0.15) is 5.69 Å². The predicted molar refractivity (Wildman–Crippen MR) is 76.9 cm³/mol. The minimum atomic E-state index is 0.258. The minimum absolute atomic E-state index is 0.258. The average Bonchev–Trinajstić information content (AvgIpc) is 2.74. The number of aryl methyl sites for hydroxylation is 1. The van der Waals surface area contributed by atoms with E-state index in [2.05, 4.69) is 38.9 Å². The van der Waals surface area contributed by atoms with Crippen molar-refractivity contribution in [2.24, 2.45) is 0 Å². The molecule has 0 fully saturated rings. The Morgan fingerprint density at radius 1 is 1.17 bits per heavy atom. The number of rotatable bonds is 2. The fourth-order valence-electron chi connectivity index (χ4n) is 1.79. The van der Waals surface area contributed by atoms with Gasteiger partial charge < -0.3 is 5.32 Å². The molecule has 3 rings (SSSR count). The van der Waals surface area contributed by atoms with E-state index in [1.165, 1.54) is 10.1 Å². The summed E-state index contributed by atoms with van der Waals surface area (Å²) in [4.78, 5) is 8.18. The van der Waals surface area contributed by atoms with Crippen LogP contribution in [0, 0.1) is 6.92 Å². The fourth-order valence-corrected chi connectivity index (χ4v) is 2.78. The quantitative estimate of drug-likeness (QED) is 0.705. The van der Waals surface area contributed by atoms with E-state index in [-0.39, 0.29) is 5.28 Å². The second kappa shape index (κ2) is 4.55. The molecule has 0 unspecified atom stereocenters. The van der Waals surface area contributed by atoms with E-state index in [9.17, 15) is 0 Å². The lowest BCUT2D eigenvalue weighted by atomic mass is 10.2. The number of fused-ring (bicyclic) bond motifs is 1. The van der Waals surface area contributed by atoms with Gasteiger partial charge in [0.1, 0.15) is 5.82 Å². The number of thiophene rings is 1. The Hall–Kier alpha value is -1.65. The molecule has 0 aliphatic heterocycles. The fraction of sp³-hybridized carbons (Fsp3) is 0.0769. The predicted octanol–water partition coefficient (Wildman–Crippen LogP) is 4.40. The number of nitrogens with zero attached hydrogens (tertiary/aromatic N) is 2. The van der Waals surface area contributed by atoms with Crippen molar-refractivity contribution in [1.29, 1.82) is 0 Å². The second-order valence-electron chi connectivity index (χ2n) is 3.96. The van der Waals surface area contributed by atoms with Crippen LogP contribution < -0.4 is 5.32 Å². The molecule has 3 nitrogen and oxygen atoms in total. The van der Waals surface area contributed by atoms with E-state index in [0.29, 0.717) is 5.82 Å². The second-order valence-corrected chi connectivity index (χ2v) is 5.25. The summed E-state index contributed by atoms with van der Waals surface area (Å²) < 4.78 is 1.28. The van der Waals surface area contributed by atoms with Crippen LogP contribution in [0.5, 0.6) is 0 Å². The first-order valence-electron chi connectivity index (χ1n) is 5.46. The number of anilines is 2. The van der Waals surface area contributed by atoms with E-state index in [1.807, 2.05) is 19.1 Å². The summed E-state index contributed by atoms with van der Waals surface area (Å²) in [6.07, 6.45) is 0. The van der Waals surface area contributed by atoms with Gasteiger partial charge in [0.25, 0.3) is 0 Å². The van der Waals surface area contributed by atoms with Gasteiger partial charge in [0.05, 0.1) is 0 Å². The first kappa shape index (κ1) is 11.4. The molecule has 2 heterocycles. The van der Waals surface area contributed by atoms with E-state index < -0.39 is 0 Å². The highest BCUT2D eigenvalue weighted by molar-refractivity contribution is 7.17. The van der Waals surface area contributed by atoms with Crippen LogP contribution in [0.15, 0.2) is 35.7 Å². The zero-order valence-corrected chi connectivity index (χ0v) is 11.2. The monoisotopic (exact) mass is 275 g/mol. The Labute approximate surface area is 113 Å². The van der Waals surface area contributed by atoms with Crippen molar-refractivity contribution in [3.05, 3.63) is 46.7 Å². The molecule has 3 aromatic rings. The lowest BCUT2D eigenvalue weighted by Gasteiger charge is -2.06. The van der Waals surface area contributed by atoms with Crippen LogP contribution in [0.4, 0.5) is 11.5 Å². The van der Waals surface area contributed by atoms with E-state index >= 15 is 0 Å². The van der Waals surface area contributed by atoms with E-state index in [1.54, 1.807) is 11.3 Å². The van der Waals surface area contributed by atoms with Gasteiger partial charge in [-0.25, -0.2) is 9.97 Å². The number of benzene rings is 1. The molecule has 0 spiro atoms. The van der Waals surface area contributed by atoms with E-state index in [4.69, 9.17) is 11.6 Å². The highest BCUT2D eigenvalue weighted by Gasteiger charge is 2.02. The molecule has 90 valence electrons. The van der Waals surface area contributed by atoms with Gasteiger partial charge in [-0.1, -0.05) is 0 Å². The van der Waals surface area contributed by atoms with Crippen LogP contribution >= 0.6 is 22.9 Å². The largest absolute Gasteiger partial charge is 0.340 e. The molecule has 0 atom stereocenters. The van der Waals surface area contributed by atoms with Crippen LogP contribution in [-0.2, 0) is 0 Å². The molecule has 0 aliphatic carbocycles.